The standard InChI is InChI=1S/C13H9BrN2O2/c14-11-5-12(16-7-11)13(17)18-8-10-3-1-2-9(4-10)6-15/h1-5,7,16H,8H2. The number of nitriles is 1. The molecule has 0 spiro atoms. The summed E-state index contributed by atoms with van der Waals surface area (Å²) < 4.78 is 5.92. The molecule has 1 aromatic carbocycles. The molecular weight excluding hydrogens is 296 g/mol. The van der Waals surface area contributed by atoms with Gasteiger partial charge in [0.05, 0.1) is 11.6 Å². The Bertz CT molecular complexity index is 613. The van der Waals surface area contributed by atoms with E-state index in [0.29, 0.717) is 11.3 Å². The summed E-state index contributed by atoms with van der Waals surface area (Å²) in [6, 6.07) is 10.6. The fraction of sp³-hybridized carbons (Fsp3) is 0.0769. The largest absolute Gasteiger partial charge is 0.456 e. The van der Waals surface area contributed by atoms with Crippen LogP contribution in [0.1, 0.15) is 21.6 Å². The zero-order chi connectivity index (χ0) is 13.0. The molecular formula is C13H9BrN2O2. The molecule has 0 aliphatic rings. The highest BCUT2D eigenvalue weighted by Crippen LogP contribution is 2.12. The van der Waals surface area contributed by atoms with Gasteiger partial charge < -0.3 is 9.72 Å². The second kappa shape index (κ2) is 5.52. The molecule has 1 N–H and O–H groups in total. The Balaban J connectivity index is 1.99. The zero-order valence-electron chi connectivity index (χ0n) is 9.31. The van der Waals surface area contributed by atoms with E-state index in [4.69, 9.17) is 10.00 Å². The number of carbonyl (C=O) groups is 1. The maximum atomic E-state index is 11.6. The van der Waals surface area contributed by atoms with Crippen molar-refractivity contribution < 1.29 is 9.53 Å². The second-order valence-corrected chi connectivity index (χ2v) is 4.54. The third-order valence-electron chi connectivity index (χ3n) is 2.29. The molecule has 0 saturated heterocycles. The maximum absolute atomic E-state index is 11.6. The molecule has 0 saturated carbocycles. The highest BCUT2D eigenvalue weighted by atomic mass is 79.9. The first-order chi connectivity index (χ1) is 8.69. The SMILES string of the molecule is N#Cc1cccc(COC(=O)c2cc(Br)c[nH]2)c1. The molecule has 0 amide bonds. The van der Waals surface area contributed by atoms with E-state index in [1.165, 1.54) is 0 Å². The number of hydrogen-bond donors (Lipinski definition) is 1. The van der Waals surface area contributed by atoms with Crippen molar-refractivity contribution in [2.45, 2.75) is 6.61 Å². The average molecular weight is 305 g/mol. The van der Waals surface area contributed by atoms with Crippen molar-refractivity contribution in [3.05, 3.63) is 57.8 Å². The summed E-state index contributed by atoms with van der Waals surface area (Å²) in [5.74, 6) is -0.428. The number of carbonyl (C=O) groups excluding carboxylic acids is 1. The van der Waals surface area contributed by atoms with Crippen molar-refractivity contribution in [2.24, 2.45) is 0 Å². The van der Waals surface area contributed by atoms with Gasteiger partial charge in [-0.1, -0.05) is 12.1 Å². The van der Waals surface area contributed by atoms with Crippen LogP contribution in [0.25, 0.3) is 0 Å². The predicted molar refractivity (Wildman–Crippen MR) is 68.8 cm³/mol. The first kappa shape index (κ1) is 12.4. The minimum absolute atomic E-state index is 0.144. The Hall–Kier alpha value is -2.06. The third-order valence-corrected chi connectivity index (χ3v) is 2.75. The molecule has 0 radical (unpaired) electrons. The van der Waals surface area contributed by atoms with Gasteiger partial charge in [-0.05, 0) is 39.7 Å². The van der Waals surface area contributed by atoms with Gasteiger partial charge in [0.2, 0.25) is 0 Å². The predicted octanol–water partition coefficient (Wildman–Crippen LogP) is 3.01. The van der Waals surface area contributed by atoms with E-state index < -0.39 is 5.97 Å². The van der Waals surface area contributed by atoms with Crippen molar-refractivity contribution in [2.75, 3.05) is 0 Å². The minimum atomic E-state index is -0.428. The molecule has 0 unspecified atom stereocenters. The number of hydrogen-bond acceptors (Lipinski definition) is 3. The topological polar surface area (TPSA) is 65.9 Å². The number of H-pyrrole nitrogens is 1. The van der Waals surface area contributed by atoms with E-state index in [0.717, 1.165) is 10.0 Å². The molecule has 90 valence electrons. The third kappa shape index (κ3) is 2.99. The lowest BCUT2D eigenvalue weighted by atomic mass is 10.1. The Kier molecular flexibility index (Phi) is 3.80. The van der Waals surface area contributed by atoms with Crippen molar-refractivity contribution >= 4 is 21.9 Å². The Morgan fingerprint density at radius 2 is 2.28 bits per heavy atom. The van der Waals surface area contributed by atoms with Crippen molar-refractivity contribution in [1.29, 1.82) is 5.26 Å². The van der Waals surface area contributed by atoms with Crippen LogP contribution in [0.15, 0.2) is 41.0 Å². The second-order valence-electron chi connectivity index (χ2n) is 3.62. The molecule has 1 aromatic heterocycles. The molecule has 0 atom stereocenters. The van der Waals surface area contributed by atoms with Crippen molar-refractivity contribution in [1.82, 2.24) is 4.98 Å². The van der Waals surface area contributed by atoms with Crippen LogP contribution in [-0.4, -0.2) is 11.0 Å². The van der Waals surface area contributed by atoms with Gasteiger partial charge in [0.15, 0.2) is 0 Å². The number of esters is 1. The van der Waals surface area contributed by atoms with E-state index >= 15 is 0 Å². The number of ether oxygens (including phenoxy) is 1. The maximum Gasteiger partial charge on any atom is 0.355 e. The first-order valence-electron chi connectivity index (χ1n) is 5.19. The molecule has 18 heavy (non-hydrogen) atoms. The zero-order valence-corrected chi connectivity index (χ0v) is 10.9. The first-order valence-corrected chi connectivity index (χ1v) is 5.98. The highest BCUT2D eigenvalue weighted by Gasteiger charge is 2.09. The molecule has 2 aromatic rings. The van der Waals surface area contributed by atoms with Crippen LogP contribution < -0.4 is 0 Å². The van der Waals surface area contributed by atoms with Crippen molar-refractivity contribution in [3.63, 3.8) is 0 Å². The Labute approximate surface area is 112 Å². The lowest BCUT2D eigenvalue weighted by Gasteiger charge is -2.03. The summed E-state index contributed by atoms with van der Waals surface area (Å²) in [4.78, 5) is 14.4. The number of nitrogens with one attached hydrogen (secondary N) is 1. The molecule has 5 heteroatoms. The summed E-state index contributed by atoms with van der Waals surface area (Å²) in [6.45, 7) is 0.144. The molecule has 0 aliphatic carbocycles. The lowest BCUT2D eigenvalue weighted by molar-refractivity contribution is 0.0466. The number of aromatic nitrogens is 1. The van der Waals surface area contributed by atoms with E-state index in [1.807, 2.05) is 6.07 Å². The number of nitrogens with zero attached hydrogens (tertiary/aromatic N) is 1. The number of benzene rings is 1. The van der Waals surface area contributed by atoms with Crippen LogP contribution in [0.2, 0.25) is 0 Å². The van der Waals surface area contributed by atoms with Crippen LogP contribution in [0, 0.1) is 11.3 Å². The fourth-order valence-electron chi connectivity index (χ4n) is 1.44. The lowest BCUT2D eigenvalue weighted by Crippen LogP contribution is -2.05. The average Bonchev–Trinajstić information content (AvgIpc) is 2.83. The van der Waals surface area contributed by atoms with E-state index in [1.54, 1.807) is 36.5 Å². The van der Waals surface area contributed by atoms with Gasteiger partial charge in [0.25, 0.3) is 0 Å². The van der Waals surface area contributed by atoms with Gasteiger partial charge in [0.1, 0.15) is 12.3 Å². The van der Waals surface area contributed by atoms with Crippen LogP contribution in [0.5, 0.6) is 0 Å². The van der Waals surface area contributed by atoms with Crippen LogP contribution in [0.4, 0.5) is 0 Å². The number of halogens is 1. The summed E-state index contributed by atoms with van der Waals surface area (Å²) in [5.41, 5.74) is 1.72. The normalized spacial score (nSPS) is 9.78. The summed E-state index contributed by atoms with van der Waals surface area (Å²) in [5, 5.41) is 8.75. The summed E-state index contributed by atoms with van der Waals surface area (Å²) in [6.07, 6.45) is 1.66. The van der Waals surface area contributed by atoms with Gasteiger partial charge >= 0.3 is 5.97 Å². The van der Waals surface area contributed by atoms with Gasteiger partial charge in [-0.3, -0.25) is 0 Å². The highest BCUT2D eigenvalue weighted by molar-refractivity contribution is 9.10. The van der Waals surface area contributed by atoms with E-state index in [9.17, 15) is 4.79 Å². The Morgan fingerprint density at radius 1 is 1.44 bits per heavy atom. The number of rotatable bonds is 3. The number of aromatic amines is 1. The molecule has 0 fully saturated rings. The minimum Gasteiger partial charge on any atom is -0.456 e. The Morgan fingerprint density at radius 3 is 2.94 bits per heavy atom. The molecule has 2 rings (SSSR count). The van der Waals surface area contributed by atoms with Gasteiger partial charge in [0, 0.05) is 10.7 Å². The summed E-state index contributed by atoms with van der Waals surface area (Å²) >= 11 is 3.24. The summed E-state index contributed by atoms with van der Waals surface area (Å²) in [7, 11) is 0. The van der Waals surface area contributed by atoms with Crippen LogP contribution in [-0.2, 0) is 11.3 Å². The quantitative estimate of drug-likeness (QED) is 0.886. The van der Waals surface area contributed by atoms with Gasteiger partial charge in [-0.15, -0.1) is 0 Å². The van der Waals surface area contributed by atoms with E-state index in [-0.39, 0.29) is 6.61 Å². The smallest absolute Gasteiger partial charge is 0.355 e. The van der Waals surface area contributed by atoms with Crippen LogP contribution in [0.3, 0.4) is 0 Å². The van der Waals surface area contributed by atoms with Gasteiger partial charge in [-0.25, -0.2) is 4.79 Å². The monoisotopic (exact) mass is 304 g/mol. The van der Waals surface area contributed by atoms with E-state index in [2.05, 4.69) is 20.9 Å². The molecule has 1 heterocycles. The molecule has 4 nitrogen and oxygen atoms in total. The fourth-order valence-corrected chi connectivity index (χ4v) is 1.79. The molecule has 0 aliphatic heterocycles. The van der Waals surface area contributed by atoms with Gasteiger partial charge in [-0.2, -0.15) is 5.26 Å². The van der Waals surface area contributed by atoms with Crippen molar-refractivity contribution in [3.8, 4) is 6.07 Å². The molecule has 0 bridgehead atoms. The van der Waals surface area contributed by atoms with Crippen LogP contribution >= 0.6 is 15.9 Å².